The van der Waals surface area contributed by atoms with Crippen molar-refractivity contribution in [2.24, 2.45) is 5.73 Å². The van der Waals surface area contributed by atoms with Crippen molar-refractivity contribution in [2.45, 2.75) is 38.8 Å². The molecule has 0 aliphatic carbocycles. The SMILES string of the molecule is CC(C)(C)c1ccc2c(c1)C(CN)N(CCO)C2. The van der Waals surface area contributed by atoms with Gasteiger partial charge in [0.15, 0.2) is 0 Å². The summed E-state index contributed by atoms with van der Waals surface area (Å²) in [5, 5.41) is 9.12. The molecule has 1 aliphatic heterocycles. The van der Waals surface area contributed by atoms with Gasteiger partial charge in [-0.3, -0.25) is 4.90 Å². The van der Waals surface area contributed by atoms with E-state index in [-0.39, 0.29) is 18.1 Å². The first kappa shape index (κ1) is 13.5. The van der Waals surface area contributed by atoms with Gasteiger partial charge in [-0.1, -0.05) is 39.0 Å². The molecular formula is C15H24N2O. The molecule has 0 bridgehead atoms. The smallest absolute Gasteiger partial charge is 0.0558 e. The molecule has 0 saturated heterocycles. The van der Waals surface area contributed by atoms with E-state index in [4.69, 9.17) is 10.8 Å². The summed E-state index contributed by atoms with van der Waals surface area (Å²) in [6.07, 6.45) is 0. The number of nitrogens with two attached hydrogens (primary N) is 1. The summed E-state index contributed by atoms with van der Waals surface area (Å²) in [5.41, 5.74) is 10.1. The fourth-order valence-electron chi connectivity index (χ4n) is 2.68. The number of aliphatic hydroxyl groups is 1. The highest BCUT2D eigenvalue weighted by Crippen LogP contribution is 2.35. The number of nitrogens with zero attached hydrogens (tertiary/aromatic N) is 1. The average molecular weight is 248 g/mol. The fraction of sp³-hybridized carbons (Fsp3) is 0.600. The third-order valence-electron chi connectivity index (χ3n) is 3.80. The Morgan fingerprint density at radius 1 is 1.39 bits per heavy atom. The van der Waals surface area contributed by atoms with Crippen LogP contribution in [0.4, 0.5) is 0 Å². The summed E-state index contributed by atoms with van der Waals surface area (Å²) in [5.74, 6) is 0. The Balaban J connectivity index is 2.34. The van der Waals surface area contributed by atoms with Gasteiger partial charge in [0.05, 0.1) is 6.61 Å². The van der Waals surface area contributed by atoms with Gasteiger partial charge >= 0.3 is 0 Å². The van der Waals surface area contributed by atoms with Crippen LogP contribution < -0.4 is 5.73 Å². The minimum absolute atomic E-state index is 0.165. The lowest BCUT2D eigenvalue weighted by atomic mass is 9.85. The van der Waals surface area contributed by atoms with E-state index in [1.807, 2.05) is 0 Å². The number of β-amino-alcohol motifs (C(OH)–C–C–N with tert-alkyl or cyclic N) is 1. The van der Waals surface area contributed by atoms with E-state index in [1.54, 1.807) is 0 Å². The first-order valence-corrected chi connectivity index (χ1v) is 6.65. The van der Waals surface area contributed by atoms with Crippen LogP contribution in [0.5, 0.6) is 0 Å². The standard InChI is InChI=1S/C15H24N2O/c1-15(2,3)12-5-4-11-10-17(6-7-18)14(9-16)13(11)8-12/h4-5,8,14,18H,6-7,9-10,16H2,1-3H3. The van der Waals surface area contributed by atoms with Crippen LogP contribution in [0, 0.1) is 0 Å². The van der Waals surface area contributed by atoms with Crippen molar-refractivity contribution in [3.8, 4) is 0 Å². The maximum Gasteiger partial charge on any atom is 0.0558 e. The molecule has 1 aromatic carbocycles. The molecule has 3 nitrogen and oxygen atoms in total. The highest BCUT2D eigenvalue weighted by atomic mass is 16.3. The van der Waals surface area contributed by atoms with Gasteiger partial charge in [0.2, 0.25) is 0 Å². The summed E-state index contributed by atoms with van der Waals surface area (Å²) >= 11 is 0. The molecule has 2 rings (SSSR count). The van der Waals surface area contributed by atoms with E-state index >= 15 is 0 Å². The largest absolute Gasteiger partial charge is 0.395 e. The minimum Gasteiger partial charge on any atom is -0.395 e. The molecule has 1 atom stereocenters. The van der Waals surface area contributed by atoms with E-state index in [0.29, 0.717) is 13.1 Å². The zero-order valence-corrected chi connectivity index (χ0v) is 11.6. The average Bonchev–Trinajstić information content (AvgIpc) is 2.64. The summed E-state index contributed by atoms with van der Waals surface area (Å²) < 4.78 is 0. The number of benzene rings is 1. The molecule has 1 aliphatic rings. The lowest BCUT2D eigenvalue weighted by Gasteiger charge is -2.24. The second kappa shape index (κ2) is 5.00. The molecule has 0 fully saturated rings. The molecule has 1 heterocycles. The van der Waals surface area contributed by atoms with Gasteiger partial charge in [-0.2, -0.15) is 0 Å². The van der Waals surface area contributed by atoms with E-state index in [2.05, 4.69) is 43.9 Å². The molecule has 3 heteroatoms. The zero-order chi connectivity index (χ0) is 13.3. The number of hydrogen-bond acceptors (Lipinski definition) is 3. The summed E-state index contributed by atoms with van der Waals surface area (Å²) in [6.45, 7) is 9.09. The van der Waals surface area contributed by atoms with Gasteiger partial charge in [-0.05, 0) is 22.1 Å². The number of hydrogen-bond donors (Lipinski definition) is 2. The van der Waals surface area contributed by atoms with Crippen molar-refractivity contribution >= 4 is 0 Å². The van der Waals surface area contributed by atoms with Gasteiger partial charge in [0.25, 0.3) is 0 Å². The first-order chi connectivity index (χ1) is 8.47. The maximum absolute atomic E-state index is 9.12. The topological polar surface area (TPSA) is 49.5 Å². The van der Waals surface area contributed by atoms with Gasteiger partial charge < -0.3 is 10.8 Å². The lowest BCUT2D eigenvalue weighted by molar-refractivity contribution is 0.164. The molecule has 3 N–H and O–H groups in total. The predicted molar refractivity (Wildman–Crippen MR) is 74.4 cm³/mol. The summed E-state index contributed by atoms with van der Waals surface area (Å²) in [4.78, 5) is 2.26. The molecule has 0 amide bonds. The Hall–Kier alpha value is -0.900. The van der Waals surface area contributed by atoms with Crippen molar-refractivity contribution in [3.63, 3.8) is 0 Å². The molecule has 100 valence electrons. The highest BCUT2D eigenvalue weighted by Gasteiger charge is 2.29. The molecule has 1 aromatic rings. The molecule has 0 aromatic heterocycles. The van der Waals surface area contributed by atoms with Crippen LogP contribution in [0.25, 0.3) is 0 Å². The van der Waals surface area contributed by atoms with E-state index in [9.17, 15) is 0 Å². The van der Waals surface area contributed by atoms with E-state index in [1.165, 1.54) is 16.7 Å². The van der Waals surface area contributed by atoms with Crippen LogP contribution >= 0.6 is 0 Å². The number of aliphatic hydroxyl groups excluding tert-OH is 1. The van der Waals surface area contributed by atoms with Crippen molar-refractivity contribution < 1.29 is 5.11 Å². The molecule has 1 unspecified atom stereocenters. The monoisotopic (exact) mass is 248 g/mol. The first-order valence-electron chi connectivity index (χ1n) is 6.65. The second-order valence-corrected chi connectivity index (χ2v) is 6.11. The Labute approximate surface area is 110 Å². The third-order valence-corrected chi connectivity index (χ3v) is 3.80. The van der Waals surface area contributed by atoms with Crippen LogP contribution in [-0.2, 0) is 12.0 Å². The van der Waals surface area contributed by atoms with Gasteiger partial charge in [-0.25, -0.2) is 0 Å². The predicted octanol–water partition coefficient (Wildman–Crippen LogP) is 1.79. The lowest BCUT2D eigenvalue weighted by Crippen LogP contribution is -2.30. The fourth-order valence-corrected chi connectivity index (χ4v) is 2.68. The summed E-state index contributed by atoms with van der Waals surface area (Å²) in [7, 11) is 0. The van der Waals surface area contributed by atoms with Gasteiger partial charge in [0.1, 0.15) is 0 Å². The third kappa shape index (κ3) is 2.44. The molecule has 0 radical (unpaired) electrons. The summed E-state index contributed by atoms with van der Waals surface area (Å²) in [6, 6.07) is 6.99. The Bertz CT molecular complexity index is 423. The van der Waals surface area contributed by atoms with Crippen LogP contribution in [0.15, 0.2) is 18.2 Å². The van der Waals surface area contributed by atoms with E-state index < -0.39 is 0 Å². The second-order valence-electron chi connectivity index (χ2n) is 6.11. The molecule has 0 spiro atoms. The van der Waals surface area contributed by atoms with Crippen LogP contribution in [-0.4, -0.2) is 29.7 Å². The Morgan fingerprint density at radius 3 is 2.67 bits per heavy atom. The minimum atomic E-state index is 0.165. The Kier molecular flexibility index (Phi) is 3.76. The van der Waals surface area contributed by atoms with Crippen LogP contribution in [0.2, 0.25) is 0 Å². The molecule has 0 saturated carbocycles. The normalized spacial score (nSPS) is 20.2. The van der Waals surface area contributed by atoms with Crippen LogP contribution in [0.1, 0.15) is 43.5 Å². The van der Waals surface area contributed by atoms with Crippen molar-refractivity contribution in [1.29, 1.82) is 0 Å². The van der Waals surface area contributed by atoms with Crippen molar-refractivity contribution in [1.82, 2.24) is 4.90 Å². The van der Waals surface area contributed by atoms with Gasteiger partial charge in [-0.15, -0.1) is 0 Å². The molecular weight excluding hydrogens is 224 g/mol. The quantitative estimate of drug-likeness (QED) is 0.857. The maximum atomic E-state index is 9.12. The molecule has 18 heavy (non-hydrogen) atoms. The van der Waals surface area contributed by atoms with Crippen molar-refractivity contribution in [3.05, 3.63) is 34.9 Å². The van der Waals surface area contributed by atoms with E-state index in [0.717, 1.165) is 6.54 Å². The zero-order valence-electron chi connectivity index (χ0n) is 11.6. The number of rotatable bonds is 3. The number of fused-ring (bicyclic) bond motifs is 1. The Morgan fingerprint density at radius 2 is 2.11 bits per heavy atom. The van der Waals surface area contributed by atoms with Crippen molar-refractivity contribution in [2.75, 3.05) is 19.7 Å². The van der Waals surface area contributed by atoms with Crippen LogP contribution in [0.3, 0.4) is 0 Å². The van der Waals surface area contributed by atoms with Gasteiger partial charge in [0, 0.05) is 25.7 Å². The highest BCUT2D eigenvalue weighted by molar-refractivity contribution is 5.40.